The van der Waals surface area contributed by atoms with Crippen molar-refractivity contribution in [3.8, 4) is 0 Å². The molecule has 1 saturated heterocycles. The van der Waals surface area contributed by atoms with Gasteiger partial charge in [-0.1, -0.05) is 36.4 Å². The predicted molar refractivity (Wildman–Crippen MR) is 110 cm³/mol. The Morgan fingerprint density at radius 3 is 2.63 bits per heavy atom. The van der Waals surface area contributed by atoms with E-state index in [1.807, 2.05) is 37.4 Å². The van der Waals surface area contributed by atoms with Gasteiger partial charge >= 0.3 is 0 Å². The highest BCUT2D eigenvalue weighted by molar-refractivity contribution is 6.05. The van der Waals surface area contributed by atoms with E-state index in [0.29, 0.717) is 12.1 Å². The number of carbonyl (C=O) groups is 1. The van der Waals surface area contributed by atoms with Gasteiger partial charge in [-0.15, -0.1) is 0 Å². The molecule has 0 N–H and O–H groups in total. The summed E-state index contributed by atoms with van der Waals surface area (Å²) in [7, 11) is 1.87. The zero-order valence-corrected chi connectivity index (χ0v) is 15.8. The maximum atomic E-state index is 13.1. The van der Waals surface area contributed by atoms with Crippen LogP contribution in [0.3, 0.4) is 0 Å². The first-order valence-electron chi connectivity index (χ1n) is 9.66. The second kappa shape index (κ2) is 7.78. The average molecular weight is 359 g/mol. The van der Waals surface area contributed by atoms with Gasteiger partial charge in [0.25, 0.3) is 5.91 Å². The van der Waals surface area contributed by atoms with Crippen LogP contribution in [0, 0.1) is 0 Å². The molecule has 4 heteroatoms. The van der Waals surface area contributed by atoms with E-state index in [1.165, 1.54) is 30.5 Å². The SMILES string of the molecule is CN(Cc1ccccc1N1CCCCC1)C(=O)c1cccc2cccnc12. The number of anilines is 1. The van der Waals surface area contributed by atoms with Crippen LogP contribution in [0.25, 0.3) is 10.9 Å². The van der Waals surface area contributed by atoms with Crippen molar-refractivity contribution >= 4 is 22.5 Å². The number of para-hydroxylation sites is 2. The Balaban J connectivity index is 1.59. The third kappa shape index (κ3) is 3.65. The number of benzene rings is 2. The molecule has 4 nitrogen and oxygen atoms in total. The van der Waals surface area contributed by atoms with Gasteiger partial charge in [0.1, 0.15) is 0 Å². The Hall–Kier alpha value is -2.88. The third-order valence-corrected chi connectivity index (χ3v) is 5.31. The minimum absolute atomic E-state index is 0.00717. The van der Waals surface area contributed by atoms with Crippen LogP contribution in [-0.2, 0) is 6.54 Å². The standard InChI is InChI=1S/C23H25N3O/c1-25(23(27)20-12-7-10-18-11-8-14-24-22(18)20)17-19-9-3-4-13-21(19)26-15-5-2-6-16-26/h3-4,7-14H,2,5-6,15-17H2,1H3. The largest absolute Gasteiger partial charge is 0.371 e. The molecule has 27 heavy (non-hydrogen) atoms. The van der Waals surface area contributed by atoms with E-state index in [-0.39, 0.29) is 5.91 Å². The van der Waals surface area contributed by atoms with Crippen LogP contribution in [-0.4, -0.2) is 35.9 Å². The van der Waals surface area contributed by atoms with Crippen LogP contribution < -0.4 is 4.90 Å². The van der Waals surface area contributed by atoms with Gasteiger partial charge in [0.05, 0.1) is 11.1 Å². The number of nitrogens with zero attached hydrogens (tertiary/aromatic N) is 3. The average Bonchev–Trinajstić information content (AvgIpc) is 2.74. The number of piperidine rings is 1. The number of pyridine rings is 1. The first kappa shape index (κ1) is 17.5. The molecule has 1 aromatic heterocycles. The number of aromatic nitrogens is 1. The van der Waals surface area contributed by atoms with Crippen molar-refractivity contribution in [2.75, 3.05) is 25.0 Å². The maximum Gasteiger partial charge on any atom is 0.256 e. The zero-order valence-electron chi connectivity index (χ0n) is 15.8. The molecule has 0 radical (unpaired) electrons. The minimum Gasteiger partial charge on any atom is -0.371 e. The van der Waals surface area contributed by atoms with E-state index >= 15 is 0 Å². The molecule has 4 rings (SSSR count). The molecule has 3 aromatic rings. The molecular weight excluding hydrogens is 334 g/mol. The summed E-state index contributed by atoms with van der Waals surface area (Å²) in [5.41, 5.74) is 3.88. The second-order valence-corrected chi connectivity index (χ2v) is 7.22. The molecule has 1 amide bonds. The molecule has 0 bridgehead atoms. The van der Waals surface area contributed by atoms with Crippen LogP contribution in [0.2, 0.25) is 0 Å². The van der Waals surface area contributed by atoms with Gasteiger partial charge in [0, 0.05) is 44.0 Å². The van der Waals surface area contributed by atoms with Crippen LogP contribution in [0.1, 0.15) is 35.2 Å². The number of rotatable bonds is 4. The monoisotopic (exact) mass is 359 g/mol. The fraction of sp³-hybridized carbons (Fsp3) is 0.304. The van der Waals surface area contributed by atoms with Crippen LogP contribution in [0.4, 0.5) is 5.69 Å². The predicted octanol–water partition coefficient (Wildman–Crippen LogP) is 4.50. The fourth-order valence-electron chi connectivity index (χ4n) is 3.90. The number of hydrogen-bond acceptors (Lipinski definition) is 3. The van der Waals surface area contributed by atoms with Crippen molar-refractivity contribution in [3.05, 3.63) is 71.9 Å². The van der Waals surface area contributed by atoms with Gasteiger partial charge in [0.15, 0.2) is 0 Å². The lowest BCUT2D eigenvalue weighted by Gasteiger charge is -2.31. The van der Waals surface area contributed by atoms with Gasteiger partial charge in [-0.05, 0) is 43.0 Å². The van der Waals surface area contributed by atoms with Gasteiger partial charge in [-0.25, -0.2) is 0 Å². The Bertz CT molecular complexity index is 942. The quantitative estimate of drug-likeness (QED) is 0.688. The van der Waals surface area contributed by atoms with Gasteiger partial charge < -0.3 is 9.80 Å². The van der Waals surface area contributed by atoms with Gasteiger partial charge in [-0.3, -0.25) is 9.78 Å². The first-order valence-corrected chi connectivity index (χ1v) is 9.66. The van der Waals surface area contributed by atoms with Crippen LogP contribution in [0.5, 0.6) is 0 Å². The van der Waals surface area contributed by atoms with E-state index in [4.69, 9.17) is 0 Å². The van der Waals surface area contributed by atoms with E-state index in [1.54, 1.807) is 11.1 Å². The van der Waals surface area contributed by atoms with E-state index in [2.05, 4.69) is 34.1 Å². The van der Waals surface area contributed by atoms with Crippen LogP contribution in [0.15, 0.2) is 60.8 Å². The molecule has 0 aliphatic carbocycles. The van der Waals surface area contributed by atoms with Crippen molar-refractivity contribution in [3.63, 3.8) is 0 Å². The summed E-state index contributed by atoms with van der Waals surface area (Å²) in [4.78, 5) is 21.8. The van der Waals surface area contributed by atoms with E-state index in [9.17, 15) is 4.79 Å². The zero-order chi connectivity index (χ0) is 18.6. The van der Waals surface area contributed by atoms with Crippen LogP contribution >= 0.6 is 0 Å². The molecule has 1 aliphatic heterocycles. The summed E-state index contributed by atoms with van der Waals surface area (Å²) < 4.78 is 0. The molecular formula is C23H25N3O. The summed E-state index contributed by atoms with van der Waals surface area (Å²) in [5, 5.41) is 0.991. The molecule has 2 aromatic carbocycles. The third-order valence-electron chi connectivity index (χ3n) is 5.31. The van der Waals surface area contributed by atoms with Gasteiger partial charge in [-0.2, -0.15) is 0 Å². The summed E-state index contributed by atoms with van der Waals surface area (Å²) >= 11 is 0. The lowest BCUT2D eigenvalue weighted by Crippen LogP contribution is -2.32. The summed E-state index contributed by atoms with van der Waals surface area (Å²) in [6.07, 6.45) is 5.53. The Labute approximate surface area is 160 Å². The van der Waals surface area contributed by atoms with Crippen molar-refractivity contribution in [2.24, 2.45) is 0 Å². The Kier molecular flexibility index (Phi) is 5.05. The number of amides is 1. The van der Waals surface area contributed by atoms with E-state index < -0.39 is 0 Å². The van der Waals surface area contributed by atoms with E-state index in [0.717, 1.165) is 24.0 Å². The molecule has 1 fully saturated rings. The highest BCUT2D eigenvalue weighted by Gasteiger charge is 2.19. The molecule has 0 atom stereocenters. The molecule has 0 saturated carbocycles. The molecule has 2 heterocycles. The summed E-state index contributed by atoms with van der Waals surface area (Å²) in [6.45, 7) is 2.79. The Morgan fingerprint density at radius 1 is 1.00 bits per heavy atom. The fourth-order valence-corrected chi connectivity index (χ4v) is 3.90. The number of hydrogen-bond donors (Lipinski definition) is 0. The first-order chi connectivity index (χ1) is 13.2. The lowest BCUT2D eigenvalue weighted by atomic mass is 10.1. The highest BCUT2D eigenvalue weighted by atomic mass is 16.2. The summed E-state index contributed by atoms with van der Waals surface area (Å²) in [5.74, 6) is 0.00717. The minimum atomic E-state index is 0.00717. The number of fused-ring (bicyclic) bond motifs is 1. The van der Waals surface area contributed by atoms with Crippen molar-refractivity contribution in [1.82, 2.24) is 9.88 Å². The lowest BCUT2D eigenvalue weighted by molar-refractivity contribution is 0.0787. The van der Waals surface area contributed by atoms with Crippen molar-refractivity contribution in [2.45, 2.75) is 25.8 Å². The maximum absolute atomic E-state index is 13.1. The molecule has 0 unspecified atom stereocenters. The van der Waals surface area contributed by atoms with Crippen molar-refractivity contribution in [1.29, 1.82) is 0 Å². The highest BCUT2D eigenvalue weighted by Crippen LogP contribution is 2.26. The second-order valence-electron chi connectivity index (χ2n) is 7.22. The summed E-state index contributed by atoms with van der Waals surface area (Å²) in [6, 6.07) is 18.1. The Morgan fingerprint density at radius 2 is 1.78 bits per heavy atom. The normalized spacial score (nSPS) is 14.3. The molecule has 1 aliphatic rings. The molecule has 0 spiro atoms. The topological polar surface area (TPSA) is 36.4 Å². The number of carbonyl (C=O) groups excluding carboxylic acids is 1. The molecule has 138 valence electrons. The van der Waals surface area contributed by atoms with Crippen molar-refractivity contribution < 1.29 is 4.79 Å². The smallest absolute Gasteiger partial charge is 0.256 e. The van der Waals surface area contributed by atoms with Gasteiger partial charge in [0.2, 0.25) is 0 Å².